The number of ether oxygens (including phenoxy) is 1. The first kappa shape index (κ1) is 12.9. The van der Waals surface area contributed by atoms with Gasteiger partial charge < -0.3 is 10.1 Å². The van der Waals surface area contributed by atoms with E-state index in [2.05, 4.69) is 31.2 Å². The molecule has 1 aromatic carbocycles. The Morgan fingerprint density at radius 3 is 3.00 bits per heavy atom. The minimum Gasteiger partial charge on any atom is -0.435 e. The first-order chi connectivity index (χ1) is 8.70. The average molecular weight is 312 g/mol. The molecule has 1 aromatic heterocycles. The van der Waals surface area contributed by atoms with Crippen LogP contribution in [0.15, 0.2) is 35.2 Å². The van der Waals surface area contributed by atoms with Crippen molar-refractivity contribution in [2.45, 2.75) is 6.54 Å². The number of rotatable bonds is 4. The zero-order valence-electron chi connectivity index (χ0n) is 9.65. The molecule has 1 N–H and O–H groups in total. The lowest BCUT2D eigenvalue weighted by Crippen LogP contribution is -2.08. The van der Waals surface area contributed by atoms with Crippen molar-refractivity contribution in [2.75, 3.05) is 7.05 Å². The van der Waals surface area contributed by atoms with Gasteiger partial charge in [-0.15, -0.1) is 0 Å². The van der Waals surface area contributed by atoms with E-state index in [-0.39, 0.29) is 5.75 Å². The van der Waals surface area contributed by atoms with E-state index in [9.17, 15) is 4.39 Å². The predicted molar refractivity (Wildman–Crippen MR) is 69.0 cm³/mol. The van der Waals surface area contributed by atoms with Gasteiger partial charge in [-0.25, -0.2) is 14.4 Å². The van der Waals surface area contributed by atoms with Gasteiger partial charge in [0, 0.05) is 22.8 Å². The quantitative estimate of drug-likeness (QED) is 0.943. The summed E-state index contributed by atoms with van der Waals surface area (Å²) in [5.74, 6) is 0.0354. The lowest BCUT2D eigenvalue weighted by molar-refractivity contribution is 0.419. The molecule has 0 atom stereocenters. The van der Waals surface area contributed by atoms with Gasteiger partial charge in [-0.1, -0.05) is 15.9 Å². The Labute approximate surface area is 112 Å². The van der Waals surface area contributed by atoms with Crippen LogP contribution in [0, 0.1) is 5.82 Å². The lowest BCUT2D eigenvalue weighted by Gasteiger charge is -2.09. The van der Waals surface area contributed by atoms with E-state index < -0.39 is 5.82 Å². The summed E-state index contributed by atoms with van der Waals surface area (Å²) >= 11 is 3.19. The van der Waals surface area contributed by atoms with Crippen LogP contribution in [0.25, 0.3) is 0 Å². The van der Waals surface area contributed by atoms with E-state index in [0.717, 1.165) is 5.56 Å². The van der Waals surface area contributed by atoms with Gasteiger partial charge in [0.05, 0.1) is 0 Å². The average Bonchev–Trinajstić information content (AvgIpc) is 2.35. The van der Waals surface area contributed by atoms with Crippen molar-refractivity contribution >= 4 is 15.9 Å². The highest BCUT2D eigenvalue weighted by atomic mass is 79.9. The Bertz CT molecular complexity index is 551. The molecule has 0 spiro atoms. The van der Waals surface area contributed by atoms with Crippen LogP contribution in [0.1, 0.15) is 5.56 Å². The van der Waals surface area contributed by atoms with E-state index in [1.54, 1.807) is 25.4 Å². The molecule has 0 aliphatic heterocycles. The molecule has 2 rings (SSSR count). The van der Waals surface area contributed by atoms with Gasteiger partial charge >= 0.3 is 0 Å². The van der Waals surface area contributed by atoms with Crippen LogP contribution in [-0.2, 0) is 6.54 Å². The van der Waals surface area contributed by atoms with Gasteiger partial charge in [0.15, 0.2) is 11.6 Å². The van der Waals surface area contributed by atoms with Crippen molar-refractivity contribution in [3.63, 3.8) is 0 Å². The number of aromatic nitrogens is 2. The number of benzene rings is 1. The van der Waals surface area contributed by atoms with E-state index >= 15 is 0 Å². The lowest BCUT2D eigenvalue weighted by atomic mass is 10.3. The number of hydrogen-bond acceptors (Lipinski definition) is 4. The van der Waals surface area contributed by atoms with Crippen molar-refractivity contribution in [1.82, 2.24) is 15.3 Å². The van der Waals surface area contributed by atoms with Crippen LogP contribution in [0.2, 0.25) is 0 Å². The summed E-state index contributed by atoms with van der Waals surface area (Å²) in [4.78, 5) is 7.91. The van der Waals surface area contributed by atoms with Crippen LogP contribution < -0.4 is 10.1 Å². The molecule has 0 saturated carbocycles. The molecule has 0 unspecified atom stereocenters. The molecule has 0 aliphatic carbocycles. The van der Waals surface area contributed by atoms with Crippen LogP contribution in [0.5, 0.6) is 11.6 Å². The van der Waals surface area contributed by atoms with E-state index in [1.165, 1.54) is 12.4 Å². The molecule has 1 heterocycles. The summed E-state index contributed by atoms with van der Waals surface area (Å²) in [5, 5.41) is 2.97. The second-order valence-corrected chi connectivity index (χ2v) is 4.48. The molecule has 0 amide bonds. The molecule has 0 saturated heterocycles. The van der Waals surface area contributed by atoms with Crippen LogP contribution >= 0.6 is 15.9 Å². The van der Waals surface area contributed by atoms with E-state index in [4.69, 9.17) is 4.74 Å². The summed E-state index contributed by atoms with van der Waals surface area (Å²) in [6.07, 6.45) is 3.00. The fourth-order valence-corrected chi connectivity index (χ4v) is 1.75. The number of nitrogens with one attached hydrogen (secondary N) is 1. The van der Waals surface area contributed by atoms with Gasteiger partial charge in [-0.2, -0.15) is 0 Å². The maximum Gasteiger partial charge on any atom is 0.226 e. The third-order valence-corrected chi connectivity index (χ3v) is 2.71. The third-order valence-electron chi connectivity index (χ3n) is 2.21. The van der Waals surface area contributed by atoms with Crippen molar-refractivity contribution in [1.29, 1.82) is 0 Å². The molecule has 2 aromatic rings. The Morgan fingerprint density at radius 1 is 1.44 bits per heavy atom. The molecule has 94 valence electrons. The Hall–Kier alpha value is -1.53. The normalized spacial score (nSPS) is 10.4. The zero-order valence-corrected chi connectivity index (χ0v) is 11.2. The molecule has 4 nitrogen and oxygen atoms in total. The fourth-order valence-electron chi connectivity index (χ4n) is 1.41. The Kier molecular flexibility index (Phi) is 4.22. The van der Waals surface area contributed by atoms with E-state index in [0.29, 0.717) is 16.9 Å². The van der Waals surface area contributed by atoms with Gasteiger partial charge in [0.1, 0.15) is 6.33 Å². The molecular formula is C12H11BrFN3O. The monoisotopic (exact) mass is 311 g/mol. The standard InChI is InChI=1S/C12H11BrFN3O/c1-15-5-8-6-16-7-17-12(8)18-11-3-2-9(13)4-10(11)14/h2-4,6-7,15H,5H2,1H3. The van der Waals surface area contributed by atoms with Crippen molar-refractivity contribution in [3.8, 4) is 11.6 Å². The first-order valence-corrected chi connectivity index (χ1v) is 6.06. The van der Waals surface area contributed by atoms with Crippen LogP contribution in [0.4, 0.5) is 4.39 Å². The highest BCUT2D eigenvalue weighted by Gasteiger charge is 2.09. The van der Waals surface area contributed by atoms with Crippen molar-refractivity contribution in [3.05, 3.63) is 46.6 Å². The highest BCUT2D eigenvalue weighted by Crippen LogP contribution is 2.27. The number of nitrogens with zero attached hydrogens (tertiary/aromatic N) is 2. The Morgan fingerprint density at radius 2 is 2.28 bits per heavy atom. The smallest absolute Gasteiger partial charge is 0.226 e. The fraction of sp³-hybridized carbons (Fsp3) is 0.167. The summed E-state index contributed by atoms with van der Waals surface area (Å²) < 4.78 is 19.8. The minimum atomic E-state index is -0.446. The van der Waals surface area contributed by atoms with Gasteiger partial charge in [-0.05, 0) is 25.2 Å². The van der Waals surface area contributed by atoms with Crippen LogP contribution in [0.3, 0.4) is 0 Å². The van der Waals surface area contributed by atoms with Crippen molar-refractivity contribution < 1.29 is 9.13 Å². The maximum absolute atomic E-state index is 13.6. The van der Waals surface area contributed by atoms with Gasteiger partial charge in [0.2, 0.25) is 5.88 Å². The summed E-state index contributed by atoms with van der Waals surface area (Å²) in [6.45, 7) is 0.550. The van der Waals surface area contributed by atoms with Gasteiger partial charge in [-0.3, -0.25) is 0 Å². The molecule has 0 bridgehead atoms. The van der Waals surface area contributed by atoms with Gasteiger partial charge in [0.25, 0.3) is 0 Å². The summed E-state index contributed by atoms with van der Waals surface area (Å²) in [5.41, 5.74) is 0.766. The molecule has 0 aliphatic rings. The molecular weight excluding hydrogens is 301 g/mol. The Balaban J connectivity index is 2.28. The number of hydrogen-bond donors (Lipinski definition) is 1. The second-order valence-electron chi connectivity index (χ2n) is 3.56. The van der Waals surface area contributed by atoms with Crippen LogP contribution in [-0.4, -0.2) is 17.0 Å². The van der Waals surface area contributed by atoms with E-state index in [1.807, 2.05) is 0 Å². The SMILES string of the molecule is CNCc1cncnc1Oc1ccc(Br)cc1F. The molecule has 0 radical (unpaired) electrons. The number of halogens is 2. The predicted octanol–water partition coefficient (Wildman–Crippen LogP) is 2.89. The van der Waals surface area contributed by atoms with Crippen molar-refractivity contribution in [2.24, 2.45) is 0 Å². The third kappa shape index (κ3) is 3.02. The topological polar surface area (TPSA) is 47.0 Å². The summed E-state index contributed by atoms with van der Waals surface area (Å²) in [6, 6.07) is 4.59. The minimum absolute atomic E-state index is 0.134. The maximum atomic E-state index is 13.6. The second kappa shape index (κ2) is 5.88. The molecule has 0 fully saturated rings. The largest absolute Gasteiger partial charge is 0.435 e. The summed E-state index contributed by atoms with van der Waals surface area (Å²) in [7, 11) is 1.80. The molecule has 6 heteroatoms. The highest BCUT2D eigenvalue weighted by molar-refractivity contribution is 9.10. The zero-order chi connectivity index (χ0) is 13.0. The first-order valence-electron chi connectivity index (χ1n) is 5.27. The molecule has 18 heavy (non-hydrogen) atoms.